The van der Waals surface area contributed by atoms with E-state index in [1.54, 1.807) is 31.4 Å². The predicted octanol–water partition coefficient (Wildman–Crippen LogP) is 2.25. The number of hydrazone groups is 1. The predicted molar refractivity (Wildman–Crippen MR) is 98.8 cm³/mol. The summed E-state index contributed by atoms with van der Waals surface area (Å²) >= 11 is 0. The third-order valence-electron chi connectivity index (χ3n) is 3.97. The Morgan fingerprint density at radius 1 is 1.00 bits per heavy atom. The summed E-state index contributed by atoms with van der Waals surface area (Å²) < 4.78 is 15.3. The molecular weight excluding hydrogens is 348 g/mol. The van der Waals surface area contributed by atoms with Gasteiger partial charge in [0.1, 0.15) is 11.5 Å². The van der Waals surface area contributed by atoms with Gasteiger partial charge in [-0.3, -0.25) is 4.79 Å². The molecule has 0 bridgehead atoms. The van der Waals surface area contributed by atoms with E-state index in [0.29, 0.717) is 24.5 Å². The molecular formula is C20H20N2O5. The lowest BCUT2D eigenvalue weighted by molar-refractivity contribution is -0.153. The number of amides is 1. The zero-order valence-electron chi connectivity index (χ0n) is 15.0. The fraction of sp³-hybridized carbons (Fsp3) is 0.250. The molecule has 0 aliphatic carbocycles. The van der Waals surface area contributed by atoms with Gasteiger partial charge in [-0.05, 0) is 29.8 Å². The molecule has 0 radical (unpaired) electrons. The number of hydrogen-bond donors (Lipinski definition) is 0. The molecule has 7 nitrogen and oxygen atoms in total. The van der Waals surface area contributed by atoms with Gasteiger partial charge in [-0.15, -0.1) is 0 Å². The van der Waals surface area contributed by atoms with Crippen LogP contribution in [0.4, 0.5) is 0 Å². The van der Waals surface area contributed by atoms with Crippen LogP contribution in [0.3, 0.4) is 0 Å². The zero-order chi connectivity index (χ0) is 19.1. The van der Waals surface area contributed by atoms with Crippen LogP contribution in [0.1, 0.15) is 12.0 Å². The molecule has 0 saturated heterocycles. The van der Waals surface area contributed by atoms with E-state index in [4.69, 9.17) is 14.2 Å². The molecule has 1 heterocycles. The van der Waals surface area contributed by atoms with Crippen LogP contribution in [0, 0.1) is 0 Å². The van der Waals surface area contributed by atoms with Gasteiger partial charge in [0, 0.05) is 6.42 Å². The van der Waals surface area contributed by atoms with Crippen LogP contribution in [0.2, 0.25) is 0 Å². The van der Waals surface area contributed by atoms with Crippen molar-refractivity contribution in [1.29, 1.82) is 0 Å². The van der Waals surface area contributed by atoms with E-state index in [-0.39, 0.29) is 19.1 Å². The van der Waals surface area contributed by atoms with Crippen molar-refractivity contribution in [2.24, 2.45) is 5.10 Å². The Kier molecular flexibility index (Phi) is 6.04. The smallest absolute Gasteiger partial charge is 0.344 e. The summed E-state index contributed by atoms with van der Waals surface area (Å²) in [6, 6.07) is 16.5. The van der Waals surface area contributed by atoms with E-state index in [9.17, 15) is 9.59 Å². The zero-order valence-corrected chi connectivity index (χ0v) is 15.0. The van der Waals surface area contributed by atoms with Crippen LogP contribution >= 0.6 is 0 Å². The fourth-order valence-electron chi connectivity index (χ4n) is 2.54. The summed E-state index contributed by atoms with van der Waals surface area (Å²) in [7, 11) is 1.57. The number of hydrogen-bond acceptors (Lipinski definition) is 6. The van der Waals surface area contributed by atoms with Gasteiger partial charge < -0.3 is 14.2 Å². The molecule has 0 atom stereocenters. The van der Waals surface area contributed by atoms with E-state index < -0.39 is 5.97 Å². The highest BCUT2D eigenvalue weighted by Crippen LogP contribution is 2.17. The molecule has 2 aromatic carbocycles. The highest BCUT2D eigenvalue weighted by Gasteiger charge is 2.22. The molecule has 7 heteroatoms. The van der Waals surface area contributed by atoms with Crippen LogP contribution in [-0.4, -0.2) is 49.5 Å². The topological polar surface area (TPSA) is 77.4 Å². The molecule has 0 aromatic heterocycles. The summed E-state index contributed by atoms with van der Waals surface area (Å²) in [5, 5.41) is 5.65. The summed E-state index contributed by atoms with van der Waals surface area (Å²) in [4.78, 5) is 23.9. The van der Waals surface area contributed by atoms with Crippen molar-refractivity contribution < 1.29 is 23.8 Å². The van der Waals surface area contributed by atoms with Gasteiger partial charge in [0.15, 0.2) is 13.2 Å². The minimum Gasteiger partial charge on any atom is -0.497 e. The van der Waals surface area contributed by atoms with Gasteiger partial charge in [0.25, 0.3) is 5.91 Å². The van der Waals surface area contributed by atoms with Crippen LogP contribution < -0.4 is 9.47 Å². The Balaban J connectivity index is 1.43. The Morgan fingerprint density at radius 3 is 2.41 bits per heavy atom. The maximum atomic E-state index is 12.2. The molecule has 140 valence electrons. The average Bonchev–Trinajstić information content (AvgIpc) is 3.22. The van der Waals surface area contributed by atoms with Gasteiger partial charge in [0.05, 0.1) is 19.4 Å². The summed E-state index contributed by atoms with van der Waals surface area (Å²) in [5.74, 6) is 0.219. The Hall–Kier alpha value is -3.35. The molecule has 0 spiro atoms. The number of benzene rings is 2. The van der Waals surface area contributed by atoms with Crippen molar-refractivity contribution >= 4 is 17.6 Å². The van der Waals surface area contributed by atoms with Crippen LogP contribution in [0.5, 0.6) is 11.5 Å². The lowest BCUT2D eigenvalue weighted by atomic mass is 10.1. The average molecular weight is 368 g/mol. The van der Waals surface area contributed by atoms with Crippen molar-refractivity contribution in [3.63, 3.8) is 0 Å². The van der Waals surface area contributed by atoms with E-state index in [0.717, 1.165) is 11.3 Å². The molecule has 1 aliphatic heterocycles. The number of methoxy groups -OCH3 is 1. The molecule has 0 N–H and O–H groups in total. The molecule has 0 saturated carbocycles. The van der Waals surface area contributed by atoms with Crippen LogP contribution in [0.25, 0.3) is 0 Å². The molecule has 1 aliphatic rings. The van der Waals surface area contributed by atoms with Gasteiger partial charge in [-0.2, -0.15) is 5.10 Å². The summed E-state index contributed by atoms with van der Waals surface area (Å²) in [6.45, 7) is -0.169. The van der Waals surface area contributed by atoms with Gasteiger partial charge in [-0.25, -0.2) is 9.80 Å². The van der Waals surface area contributed by atoms with Gasteiger partial charge in [0.2, 0.25) is 0 Å². The standard InChI is InChI=1S/C20H20N2O5/c1-25-16-7-9-17(10-8-16)26-14-20(24)27-13-19(23)22-12-11-18(21-22)15-5-3-2-4-6-15/h2-10H,11-14H2,1H3. The number of rotatable bonds is 7. The first-order chi connectivity index (χ1) is 13.2. The van der Waals surface area contributed by atoms with Crippen molar-refractivity contribution in [1.82, 2.24) is 5.01 Å². The SMILES string of the molecule is COc1ccc(OCC(=O)OCC(=O)N2CCC(c3ccccc3)=N2)cc1. The molecule has 1 amide bonds. The molecule has 0 fully saturated rings. The van der Waals surface area contributed by atoms with E-state index in [1.807, 2.05) is 30.3 Å². The third-order valence-corrected chi connectivity index (χ3v) is 3.97. The number of carbonyl (C=O) groups is 2. The minimum absolute atomic E-state index is 0.280. The van der Waals surface area contributed by atoms with Crippen LogP contribution in [-0.2, 0) is 14.3 Å². The van der Waals surface area contributed by atoms with E-state index in [1.165, 1.54) is 5.01 Å². The Bertz CT molecular complexity index is 818. The quantitative estimate of drug-likeness (QED) is 0.701. The first-order valence-corrected chi connectivity index (χ1v) is 8.51. The normalized spacial score (nSPS) is 13.1. The maximum Gasteiger partial charge on any atom is 0.344 e. The lowest BCUT2D eigenvalue weighted by Gasteiger charge is -2.12. The Morgan fingerprint density at radius 2 is 1.70 bits per heavy atom. The molecule has 2 aromatic rings. The van der Waals surface area contributed by atoms with Crippen molar-refractivity contribution in [3.8, 4) is 11.5 Å². The minimum atomic E-state index is -0.620. The monoisotopic (exact) mass is 368 g/mol. The number of esters is 1. The second-order valence-corrected chi connectivity index (χ2v) is 5.80. The lowest BCUT2D eigenvalue weighted by Crippen LogP contribution is -2.29. The van der Waals surface area contributed by atoms with E-state index in [2.05, 4.69) is 5.10 Å². The van der Waals surface area contributed by atoms with Crippen LogP contribution in [0.15, 0.2) is 59.7 Å². The molecule has 27 heavy (non-hydrogen) atoms. The summed E-state index contributed by atoms with van der Waals surface area (Å²) in [6.07, 6.45) is 0.671. The highest BCUT2D eigenvalue weighted by atomic mass is 16.6. The van der Waals surface area contributed by atoms with E-state index >= 15 is 0 Å². The van der Waals surface area contributed by atoms with Crippen molar-refractivity contribution in [2.75, 3.05) is 26.9 Å². The number of carbonyl (C=O) groups excluding carboxylic acids is 2. The van der Waals surface area contributed by atoms with Gasteiger partial charge in [-0.1, -0.05) is 30.3 Å². The molecule has 0 unspecified atom stereocenters. The number of nitrogens with zero attached hydrogens (tertiary/aromatic N) is 2. The second kappa shape index (κ2) is 8.84. The first kappa shape index (κ1) is 18.4. The van der Waals surface area contributed by atoms with Crippen molar-refractivity contribution in [2.45, 2.75) is 6.42 Å². The van der Waals surface area contributed by atoms with Crippen molar-refractivity contribution in [3.05, 3.63) is 60.2 Å². The van der Waals surface area contributed by atoms with Gasteiger partial charge >= 0.3 is 5.97 Å². The third kappa shape index (κ3) is 5.07. The first-order valence-electron chi connectivity index (χ1n) is 8.51. The molecule has 3 rings (SSSR count). The second-order valence-electron chi connectivity index (χ2n) is 5.80. The summed E-state index contributed by atoms with van der Waals surface area (Å²) in [5.41, 5.74) is 1.83. The Labute approximate surface area is 157 Å². The largest absolute Gasteiger partial charge is 0.497 e. The number of ether oxygens (including phenoxy) is 3. The maximum absolute atomic E-state index is 12.2. The fourth-order valence-corrected chi connectivity index (χ4v) is 2.54. The highest BCUT2D eigenvalue weighted by molar-refractivity contribution is 6.02.